The minimum absolute atomic E-state index is 0.0136. The molecular weight excluding hydrogens is 356 g/mol. The quantitative estimate of drug-likeness (QED) is 0.675. The molecule has 4 rings (SSSR count). The van der Waals surface area contributed by atoms with Crippen molar-refractivity contribution in [2.24, 2.45) is 0 Å². The maximum Gasteiger partial charge on any atom is 0.226 e. The number of morpholine rings is 1. The van der Waals surface area contributed by atoms with E-state index in [9.17, 15) is 0 Å². The molecule has 0 amide bonds. The monoisotopic (exact) mass is 380 g/mol. The zero-order valence-corrected chi connectivity index (χ0v) is 15.9. The molecule has 0 saturated carbocycles. The third-order valence-corrected chi connectivity index (χ3v) is 4.57. The highest BCUT2D eigenvalue weighted by Gasteiger charge is 2.16. The van der Waals surface area contributed by atoms with Gasteiger partial charge in [-0.1, -0.05) is 23.8 Å². The predicted octanol–water partition coefficient (Wildman–Crippen LogP) is 1.88. The average molecular weight is 380 g/mol. The summed E-state index contributed by atoms with van der Waals surface area (Å²) in [5.41, 5.74) is 3.15. The lowest BCUT2D eigenvalue weighted by Crippen LogP contribution is -2.37. The van der Waals surface area contributed by atoms with E-state index in [0.29, 0.717) is 31.5 Å². The number of nitrogens with zero attached hydrogens (tertiary/aromatic N) is 5. The highest BCUT2D eigenvalue weighted by atomic mass is 16.5. The summed E-state index contributed by atoms with van der Waals surface area (Å²) in [4.78, 5) is 11.3. The number of aryl methyl sites for hydroxylation is 1. The Hall–Kier alpha value is -2.97. The normalized spacial score (nSPS) is 14.3. The largest absolute Gasteiger partial charge is 0.395 e. The van der Waals surface area contributed by atoms with Gasteiger partial charge in [0.05, 0.1) is 25.5 Å². The van der Waals surface area contributed by atoms with Crippen LogP contribution in [0.25, 0.3) is 17.1 Å². The molecule has 0 radical (unpaired) electrons. The molecule has 3 aromatic rings. The van der Waals surface area contributed by atoms with E-state index in [2.05, 4.69) is 39.2 Å². The lowest BCUT2D eigenvalue weighted by molar-refractivity contribution is 0.122. The second-order valence-corrected chi connectivity index (χ2v) is 6.67. The molecule has 1 aliphatic rings. The first kappa shape index (κ1) is 18.4. The molecule has 0 bridgehead atoms. The SMILES string of the molecule is Cc1cccc(-c2ccn(-c3cc(N4CCOCC4)nc(NCCO)n3)n2)c1. The van der Waals surface area contributed by atoms with E-state index in [1.807, 2.05) is 30.5 Å². The molecule has 1 aromatic carbocycles. The molecule has 8 nitrogen and oxygen atoms in total. The zero-order valence-electron chi connectivity index (χ0n) is 15.9. The molecule has 2 N–H and O–H groups in total. The summed E-state index contributed by atoms with van der Waals surface area (Å²) in [6, 6.07) is 12.2. The predicted molar refractivity (Wildman–Crippen MR) is 108 cm³/mol. The summed E-state index contributed by atoms with van der Waals surface area (Å²) in [5, 5.41) is 16.9. The third-order valence-electron chi connectivity index (χ3n) is 4.57. The van der Waals surface area contributed by atoms with Crippen molar-refractivity contribution in [1.82, 2.24) is 19.7 Å². The van der Waals surface area contributed by atoms with Gasteiger partial charge in [0, 0.05) is 37.5 Å². The highest BCUT2D eigenvalue weighted by Crippen LogP contribution is 2.22. The van der Waals surface area contributed by atoms with E-state index in [1.165, 1.54) is 5.56 Å². The summed E-state index contributed by atoms with van der Waals surface area (Å²) < 4.78 is 7.20. The molecule has 1 fully saturated rings. The molecule has 28 heavy (non-hydrogen) atoms. The van der Waals surface area contributed by atoms with E-state index in [0.717, 1.165) is 30.2 Å². The Labute approximate surface area is 163 Å². The molecule has 0 aliphatic carbocycles. The molecular formula is C20H24N6O2. The van der Waals surface area contributed by atoms with Gasteiger partial charge in [0.1, 0.15) is 5.82 Å². The van der Waals surface area contributed by atoms with Crippen molar-refractivity contribution in [2.45, 2.75) is 6.92 Å². The Balaban J connectivity index is 1.67. The van der Waals surface area contributed by atoms with Gasteiger partial charge in [-0.25, -0.2) is 4.68 Å². The summed E-state index contributed by atoms with van der Waals surface area (Å²) in [6.07, 6.45) is 1.90. The maximum atomic E-state index is 9.12. The average Bonchev–Trinajstić information content (AvgIpc) is 3.23. The van der Waals surface area contributed by atoms with Crippen molar-refractivity contribution in [3.05, 3.63) is 48.2 Å². The van der Waals surface area contributed by atoms with Gasteiger partial charge >= 0.3 is 0 Å². The van der Waals surface area contributed by atoms with Crippen molar-refractivity contribution in [3.8, 4) is 17.1 Å². The number of anilines is 2. The molecule has 3 heterocycles. The van der Waals surface area contributed by atoms with Gasteiger partial charge < -0.3 is 20.1 Å². The second-order valence-electron chi connectivity index (χ2n) is 6.67. The fraction of sp³-hybridized carbons (Fsp3) is 0.350. The minimum Gasteiger partial charge on any atom is -0.395 e. The Morgan fingerprint density at radius 1 is 1.11 bits per heavy atom. The van der Waals surface area contributed by atoms with E-state index in [4.69, 9.17) is 14.9 Å². The summed E-state index contributed by atoms with van der Waals surface area (Å²) >= 11 is 0. The number of ether oxygens (including phenoxy) is 1. The molecule has 1 aliphatic heterocycles. The number of nitrogens with one attached hydrogen (secondary N) is 1. The molecule has 0 unspecified atom stereocenters. The zero-order chi connectivity index (χ0) is 19.3. The lowest BCUT2D eigenvalue weighted by atomic mass is 10.1. The number of aliphatic hydroxyl groups is 1. The highest BCUT2D eigenvalue weighted by molar-refractivity contribution is 5.60. The Morgan fingerprint density at radius 3 is 2.71 bits per heavy atom. The van der Waals surface area contributed by atoms with Crippen molar-refractivity contribution in [1.29, 1.82) is 0 Å². The smallest absolute Gasteiger partial charge is 0.226 e. The van der Waals surface area contributed by atoms with Crippen molar-refractivity contribution in [2.75, 3.05) is 49.7 Å². The molecule has 8 heteroatoms. The fourth-order valence-corrected chi connectivity index (χ4v) is 3.15. The van der Waals surface area contributed by atoms with Crippen molar-refractivity contribution in [3.63, 3.8) is 0 Å². The van der Waals surface area contributed by atoms with Crippen LogP contribution in [0.5, 0.6) is 0 Å². The second kappa shape index (κ2) is 8.37. The number of aromatic nitrogens is 4. The number of hydrogen-bond acceptors (Lipinski definition) is 7. The van der Waals surface area contributed by atoms with Crippen LogP contribution in [-0.2, 0) is 4.74 Å². The van der Waals surface area contributed by atoms with Crippen molar-refractivity contribution >= 4 is 11.8 Å². The number of rotatable bonds is 6. The third kappa shape index (κ3) is 4.13. The Bertz CT molecular complexity index is 936. The fourth-order valence-electron chi connectivity index (χ4n) is 3.15. The molecule has 0 spiro atoms. The van der Waals surface area contributed by atoms with Crippen LogP contribution in [0.4, 0.5) is 11.8 Å². The summed E-state index contributed by atoms with van der Waals surface area (Å²) in [7, 11) is 0. The van der Waals surface area contributed by atoms with Crippen LogP contribution in [0.1, 0.15) is 5.56 Å². The van der Waals surface area contributed by atoms with Crippen LogP contribution < -0.4 is 10.2 Å². The number of benzene rings is 1. The molecule has 0 atom stereocenters. The van der Waals surface area contributed by atoms with Gasteiger partial charge in [-0.15, -0.1) is 0 Å². The van der Waals surface area contributed by atoms with Gasteiger partial charge in [-0.05, 0) is 19.1 Å². The standard InChI is InChI=1S/C20H24N6O2/c1-15-3-2-4-16(13-15)17-5-7-26(24-17)19-14-18(25-8-11-28-12-9-25)22-20(23-19)21-6-10-27/h2-5,7,13-14,27H,6,8-12H2,1H3,(H,21,22,23). The lowest BCUT2D eigenvalue weighted by Gasteiger charge is -2.28. The maximum absolute atomic E-state index is 9.12. The summed E-state index contributed by atoms with van der Waals surface area (Å²) in [6.45, 7) is 5.39. The Kier molecular flexibility index (Phi) is 5.50. The van der Waals surface area contributed by atoms with Crippen LogP contribution in [0, 0.1) is 6.92 Å². The molecule has 146 valence electrons. The van der Waals surface area contributed by atoms with Crippen LogP contribution in [-0.4, -0.2) is 64.3 Å². The van der Waals surface area contributed by atoms with Crippen LogP contribution >= 0.6 is 0 Å². The van der Waals surface area contributed by atoms with Gasteiger partial charge in [-0.3, -0.25) is 0 Å². The van der Waals surface area contributed by atoms with Gasteiger partial charge in [0.25, 0.3) is 0 Å². The minimum atomic E-state index is 0.0136. The topological polar surface area (TPSA) is 88.3 Å². The van der Waals surface area contributed by atoms with Gasteiger partial charge in [-0.2, -0.15) is 15.1 Å². The van der Waals surface area contributed by atoms with E-state index in [-0.39, 0.29) is 6.61 Å². The van der Waals surface area contributed by atoms with E-state index < -0.39 is 0 Å². The first-order chi connectivity index (χ1) is 13.7. The first-order valence-corrected chi connectivity index (χ1v) is 9.42. The van der Waals surface area contributed by atoms with Crippen molar-refractivity contribution < 1.29 is 9.84 Å². The molecule has 1 saturated heterocycles. The van der Waals surface area contributed by atoms with Gasteiger partial charge in [0.15, 0.2) is 5.82 Å². The first-order valence-electron chi connectivity index (χ1n) is 9.42. The van der Waals surface area contributed by atoms with E-state index in [1.54, 1.807) is 4.68 Å². The Morgan fingerprint density at radius 2 is 1.93 bits per heavy atom. The van der Waals surface area contributed by atoms with Crippen LogP contribution in [0.3, 0.4) is 0 Å². The van der Waals surface area contributed by atoms with Gasteiger partial charge in [0.2, 0.25) is 5.95 Å². The van der Waals surface area contributed by atoms with Crippen LogP contribution in [0.15, 0.2) is 42.6 Å². The number of aliphatic hydroxyl groups excluding tert-OH is 1. The van der Waals surface area contributed by atoms with E-state index >= 15 is 0 Å². The molecule has 2 aromatic heterocycles. The number of hydrogen-bond donors (Lipinski definition) is 2. The summed E-state index contributed by atoms with van der Waals surface area (Å²) in [5.74, 6) is 1.97. The van der Waals surface area contributed by atoms with Crippen LogP contribution in [0.2, 0.25) is 0 Å².